The summed E-state index contributed by atoms with van der Waals surface area (Å²) in [7, 11) is 0. The average molecular weight is 326 g/mol. The molecular formula is C13H20BrN5. The summed E-state index contributed by atoms with van der Waals surface area (Å²) < 4.78 is 2.74. The summed E-state index contributed by atoms with van der Waals surface area (Å²) in [4.78, 5) is 6.75. The summed E-state index contributed by atoms with van der Waals surface area (Å²) in [6, 6.07) is 3.91. The number of rotatable bonds is 5. The largest absolute Gasteiger partial charge is 0.339 e. The van der Waals surface area contributed by atoms with Gasteiger partial charge in [-0.2, -0.15) is 4.98 Å². The molecule has 2 heterocycles. The van der Waals surface area contributed by atoms with Crippen molar-refractivity contribution in [1.82, 2.24) is 14.6 Å². The Bertz CT molecular complexity index is 563. The van der Waals surface area contributed by atoms with Crippen LogP contribution in [0, 0.1) is 5.41 Å². The van der Waals surface area contributed by atoms with Gasteiger partial charge < -0.3 is 10.6 Å². The predicted octanol–water partition coefficient (Wildman–Crippen LogP) is 2.30. The first-order chi connectivity index (χ1) is 8.96. The van der Waals surface area contributed by atoms with E-state index in [1.54, 1.807) is 4.52 Å². The van der Waals surface area contributed by atoms with Crippen LogP contribution in [0.4, 0.5) is 5.95 Å². The maximum Gasteiger partial charge on any atom is 0.245 e. The molecule has 0 fully saturated rings. The number of nitrogens with zero attached hydrogens (tertiary/aromatic N) is 4. The minimum atomic E-state index is 0.0464. The number of halogens is 1. The fraction of sp³-hybridized carbons (Fsp3) is 0.538. The van der Waals surface area contributed by atoms with E-state index >= 15 is 0 Å². The third-order valence-electron chi connectivity index (χ3n) is 3.14. The van der Waals surface area contributed by atoms with Gasteiger partial charge in [0.2, 0.25) is 5.95 Å². The standard InChI is InChI=1S/C13H20BrN5/c1-4-18(9-13(2,3)8-15)12-16-11-10(14)6-5-7-19(11)17-12/h5-7H,4,8-9,15H2,1-3H3. The van der Waals surface area contributed by atoms with Crippen molar-refractivity contribution in [2.45, 2.75) is 20.8 Å². The van der Waals surface area contributed by atoms with E-state index in [0.717, 1.165) is 29.2 Å². The molecule has 0 amide bonds. The zero-order chi connectivity index (χ0) is 14.0. The topological polar surface area (TPSA) is 59.5 Å². The van der Waals surface area contributed by atoms with Gasteiger partial charge in [0.15, 0.2) is 5.65 Å². The van der Waals surface area contributed by atoms with Crippen LogP contribution < -0.4 is 10.6 Å². The van der Waals surface area contributed by atoms with Crippen LogP contribution in [0.25, 0.3) is 5.65 Å². The highest BCUT2D eigenvalue weighted by Gasteiger charge is 2.22. The Morgan fingerprint density at radius 1 is 1.47 bits per heavy atom. The van der Waals surface area contributed by atoms with Crippen LogP contribution in [0.3, 0.4) is 0 Å². The van der Waals surface area contributed by atoms with Crippen LogP contribution in [0.15, 0.2) is 22.8 Å². The summed E-state index contributed by atoms with van der Waals surface area (Å²) >= 11 is 3.49. The van der Waals surface area contributed by atoms with Crippen LogP contribution in [0.1, 0.15) is 20.8 Å². The van der Waals surface area contributed by atoms with Crippen LogP contribution in [0.5, 0.6) is 0 Å². The Morgan fingerprint density at radius 3 is 2.79 bits per heavy atom. The SMILES string of the molecule is CCN(CC(C)(C)CN)c1nc2c(Br)cccn2n1. The Morgan fingerprint density at radius 2 is 2.21 bits per heavy atom. The quantitative estimate of drug-likeness (QED) is 0.916. The predicted molar refractivity (Wildman–Crippen MR) is 81.4 cm³/mol. The Kier molecular flexibility index (Phi) is 4.10. The number of aromatic nitrogens is 3. The monoisotopic (exact) mass is 325 g/mol. The number of fused-ring (bicyclic) bond motifs is 1. The van der Waals surface area contributed by atoms with Gasteiger partial charge in [-0.15, -0.1) is 5.10 Å². The second kappa shape index (κ2) is 5.46. The first kappa shape index (κ1) is 14.3. The van der Waals surface area contributed by atoms with E-state index in [2.05, 4.69) is 51.7 Å². The molecule has 2 aromatic rings. The smallest absolute Gasteiger partial charge is 0.245 e. The molecule has 0 aliphatic heterocycles. The van der Waals surface area contributed by atoms with Gasteiger partial charge in [-0.05, 0) is 46.9 Å². The van der Waals surface area contributed by atoms with Crippen LogP contribution in [0.2, 0.25) is 0 Å². The molecule has 0 aromatic carbocycles. The lowest BCUT2D eigenvalue weighted by Crippen LogP contribution is -2.39. The number of hydrogen-bond acceptors (Lipinski definition) is 4. The normalized spacial score (nSPS) is 12.1. The molecule has 2 rings (SSSR count). The van der Waals surface area contributed by atoms with E-state index < -0.39 is 0 Å². The first-order valence-electron chi connectivity index (χ1n) is 6.43. The summed E-state index contributed by atoms with van der Waals surface area (Å²) in [5, 5.41) is 4.52. The molecule has 0 spiro atoms. The van der Waals surface area contributed by atoms with E-state index in [4.69, 9.17) is 5.73 Å². The molecule has 0 aliphatic carbocycles. The minimum absolute atomic E-state index is 0.0464. The van der Waals surface area contributed by atoms with Crippen molar-refractivity contribution in [3.8, 4) is 0 Å². The van der Waals surface area contributed by atoms with Gasteiger partial charge in [0.25, 0.3) is 0 Å². The molecule has 0 aliphatic rings. The van der Waals surface area contributed by atoms with Crippen molar-refractivity contribution in [3.63, 3.8) is 0 Å². The Balaban J connectivity index is 2.33. The lowest BCUT2D eigenvalue weighted by atomic mass is 9.93. The minimum Gasteiger partial charge on any atom is -0.339 e. The Labute approximate surface area is 121 Å². The van der Waals surface area contributed by atoms with Gasteiger partial charge >= 0.3 is 0 Å². The number of hydrogen-bond donors (Lipinski definition) is 1. The molecule has 0 saturated carbocycles. The highest BCUT2D eigenvalue weighted by molar-refractivity contribution is 9.10. The van der Waals surface area contributed by atoms with Gasteiger partial charge in [-0.3, -0.25) is 0 Å². The fourth-order valence-electron chi connectivity index (χ4n) is 1.90. The molecule has 2 aromatic heterocycles. The molecule has 19 heavy (non-hydrogen) atoms. The maximum absolute atomic E-state index is 5.81. The second-order valence-corrected chi connectivity index (χ2v) is 6.27. The highest BCUT2D eigenvalue weighted by Crippen LogP contribution is 2.22. The van der Waals surface area contributed by atoms with E-state index in [-0.39, 0.29) is 5.41 Å². The van der Waals surface area contributed by atoms with Crippen molar-refractivity contribution >= 4 is 27.5 Å². The first-order valence-corrected chi connectivity index (χ1v) is 7.22. The van der Waals surface area contributed by atoms with E-state index in [1.807, 2.05) is 18.3 Å². The van der Waals surface area contributed by atoms with Crippen molar-refractivity contribution < 1.29 is 0 Å². The molecule has 0 radical (unpaired) electrons. The third kappa shape index (κ3) is 3.06. The zero-order valence-electron chi connectivity index (χ0n) is 11.6. The van der Waals surface area contributed by atoms with Crippen molar-refractivity contribution in [1.29, 1.82) is 0 Å². The molecule has 0 unspecified atom stereocenters. The molecular weight excluding hydrogens is 306 g/mol. The molecule has 5 nitrogen and oxygen atoms in total. The molecule has 6 heteroatoms. The summed E-state index contributed by atoms with van der Waals surface area (Å²) in [6.07, 6.45) is 1.90. The van der Waals surface area contributed by atoms with Crippen LogP contribution in [-0.2, 0) is 0 Å². The van der Waals surface area contributed by atoms with E-state index in [1.165, 1.54) is 0 Å². The van der Waals surface area contributed by atoms with Gasteiger partial charge in [-0.1, -0.05) is 13.8 Å². The number of pyridine rings is 1. The zero-order valence-corrected chi connectivity index (χ0v) is 13.2. The molecule has 0 saturated heterocycles. The molecule has 104 valence electrons. The maximum atomic E-state index is 5.81. The third-order valence-corrected chi connectivity index (χ3v) is 3.76. The highest BCUT2D eigenvalue weighted by atomic mass is 79.9. The van der Waals surface area contributed by atoms with Gasteiger partial charge in [0.05, 0.1) is 4.47 Å². The van der Waals surface area contributed by atoms with E-state index in [9.17, 15) is 0 Å². The Hall–Kier alpha value is -1.14. The molecule has 2 N–H and O–H groups in total. The van der Waals surface area contributed by atoms with Crippen molar-refractivity contribution in [3.05, 3.63) is 22.8 Å². The van der Waals surface area contributed by atoms with Crippen LogP contribution in [-0.4, -0.2) is 34.2 Å². The van der Waals surface area contributed by atoms with E-state index in [0.29, 0.717) is 6.54 Å². The number of nitrogens with two attached hydrogens (primary N) is 1. The molecule has 0 bridgehead atoms. The van der Waals surface area contributed by atoms with Gasteiger partial charge in [0, 0.05) is 19.3 Å². The van der Waals surface area contributed by atoms with Crippen molar-refractivity contribution in [2.24, 2.45) is 11.1 Å². The fourth-order valence-corrected chi connectivity index (χ4v) is 2.32. The average Bonchev–Trinajstić information content (AvgIpc) is 2.81. The van der Waals surface area contributed by atoms with Crippen LogP contribution >= 0.6 is 15.9 Å². The van der Waals surface area contributed by atoms with Gasteiger partial charge in [0.1, 0.15) is 0 Å². The lowest BCUT2D eigenvalue weighted by molar-refractivity contribution is 0.377. The second-order valence-electron chi connectivity index (χ2n) is 5.42. The number of anilines is 1. The summed E-state index contributed by atoms with van der Waals surface area (Å²) in [5.74, 6) is 0.746. The molecule has 0 atom stereocenters. The van der Waals surface area contributed by atoms with Gasteiger partial charge in [-0.25, -0.2) is 4.52 Å². The lowest BCUT2D eigenvalue weighted by Gasteiger charge is -2.30. The summed E-state index contributed by atoms with van der Waals surface area (Å²) in [5.41, 5.74) is 6.69. The summed E-state index contributed by atoms with van der Waals surface area (Å²) in [6.45, 7) is 8.75. The van der Waals surface area contributed by atoms with Crippen molar-refractivity contribution in [2.75, 3.05) is 24.5 Å².